The van der Waals surface area contributed by atoms with Crippen LogP contribution in [0.2, 0.25) is 0 Å². The van der Waals surface area contributed by atoms with Crippen molar-refractivity contribution in [2.75, 3.05) is 44.2 Å². The van der Waals surface area contributed by atoms with Gasteiger partial charge in [-0.05, 0) is 37.2 Å². The Morgan fingerprint density at radius 3 is 2.53 bits per heavy atom. The van der Waals surface area contributed by atoms with Crippen molar-refractivity contribution in [2.24, 2.45) is 5.73 Å². The zero-order valence-electron chi connectivity index (χ0n) is 11.2. The molecular weight excluding hydrogens is 240 g/mol. The molecule has 0 bridgehead atoms. The lowest BCUT2D eigenvalue weighted by Gasteiger charge is -2.23. The van der Waals surface area contributed by atoms with E-state index in [1.807, 2.05) is 24.3 Å². The third kappa shape index (κ3) is 3.68. The van der Waals surface area contributed by atoms with Gasteiger partial charge in [0.2, 0.25) is 0 Å². The van der Waals surface area contributed by atoms with Gasteiger partial charge in [0.25, 0.3) is 0 Å². The van der Waals surface area contributed by atoms with E-state index in [1.165, 1.54) is 5.69 Å². The number of nitrogens with one attached hydrogen (secondary N) is 1. The Hall–Kier alpha value is -1.59. The van der Waals surface area contributed by atoms with Crippen molar-refractivity contribution in [3.05, 3.63) is 29.8 Å². The first kappa shape index (κ1) is 13.8. The van der Waals surface area contributed by atoms with E-state index < -0.39 is 0 Å². The Labute approximate surface area is 114 Å². The number of rotatable bonds is 4. The van der Waals surface area contributed by atoms with E-state index in [0.29, 0.717) is 0 Å². The number of aliphatic hydroxyl groups is 1. The van der Waals surface area contributed by atoms with Crippen LogP contribution in [-0.4, -0.2) is 55.2 Å². The molecule has 104 valence electrons. The van der Waals surface area contributed by atoms with Crippen molar-refractivity contribution in [2.45, 2.75) is 6.42 Å². The van der Waals surface area contributed by atoms with E-state index in [1.54, 1.807) is 0 Å². The van der Waals surface area contributed by atoms with Crippen molar-refractivity contribution in [3.8, 4) is 0 Å². The SMILES string of the molecule is N=C(N)c1ccc(N2CCCN(CCO)CC2)cc1. The molecule has 0 saturated carbocycles. The molecule has 1 aromatic rings. The fourth-order valence-electron chi connectivity index (χ4n) is 2.45. The smallest absolute Gasteiger partial charge is 0.122 e. The van der Waals surface area contributed by atoms with Crippen LogP contribution in [0.3, 0.4) is 0 Å². The maximum Gasteiger partial charge on any atom is 0.122 e. The molecule has 1 aliphatic heterocycles. The topological polar surface area (TPSA) is 76.6 Å². The zero-order valence-corrected chi connectivity index (χ0v) is 11.2. The molecule has 19 heavy (non-hydrogen) atoms. The average Bonchev–Trinajstić information content (AvgIpc) is 2.65. The number of amidine groups is 1. The molecule has 0 amide bonds. The summed E-state index contributed by atoms with van der Waals surface area (Å²) in [5.74, 6) is 0.108. The average molecular weight is 262 g/mol. The Morgan fingerprint density at radius 1 is 1.16 bits per heavy atom. The highest BCUT2D eigenvalue weighted by Crippen LogP contribution is 2.17. The van der Waals surface area contributed by atoms with Gasteiger partial charge in [-0.2, -0.15) is 0 Å². The lowest BCUT2D eigenvalue weighted by molar-refractivity contribution is 0.204. The van der Waals surface area contributed by atoms with Crippen LogP contribution >= 0.6 is 0 Å². The number of nitrogens with two attached hydrogens (primary N) is 1. The summed E-state index contributed by atoms with van der Waals surface area (Å²) in [5, 5.41) is 16.4. The number of aliphatic hydroxyl groups excluding tert-OH is 1. The lowest BCUT2D eigenvalue weighted by atomic mass is 10.2. The van der Waals surface area contributed by atoms with E-state index in [9.17, 15) is 0 Å². The molecule has 0 aromatic heterocycles. The predicted octanol–water partition coefficient (Wildman–Crippen LogP) is 0.475. The lowest BCUT2D eigenvalue weighted by Crippen LogP contribution is -2.32. The second-order valence-electron chi connectivity index (χ2n) is 4.87. The van der Waals surface area contributed by atoms with Crippen molar-refractivity contribution in [1.29, 1.82) is 5.41 Å². The molecule has 0 aliphatic carbocycles. The predicted molar refractivity (Wildman–Crippen MR) is 77.8 cm³/mol. The van der Waals surface area contributed by atoms with Gasteiger partial charge in [0.05, 0.1) is 6.61 Å². The van der Waals surface area contributed by atoms with Crippen molar-refractivity contribution in [3.63, 3.8) is 0 Å². The third-order valence-electron chi connectivity index (χ3n) is 3.55. The highest BCUT2D eigenvalue weighted by Gasteiger charge is 2.14. The van der Waals surface area contributed by atoms with Crippen LogP contribution in [-0.2, 0) is 0 Å². The Morgan fingerprint density at radius 2 is 1.89 bits per heavy atom. The number of nitrogen functional groups attached to an aromatic ring is 1. The summed E-state index contributed by atoms with van der Waals surface area (Å²) >= 11 is 0. The van der Waals surface area contributed by atoms with Gasteiger partial charge in [-0.1, -0.05) is 0 Å². The molecule has 1 saturated heterocycles. The largest absolute Gasteiger partial charge is 0.395 e. The van der Waals surface area contributed by atoms with Crippen LogP contribution in [0.4, 0.5) is 5.69 Å². The third-order valence-corrected chi connectivity index (χ3v) is 3.55. The summed E-state index contributed by atoms with van der Waals surface area (Å²) in [5.41, 5.74) is 7.40. The van der Waals surface area contributed by atoms with Crippen LogP contribution < -0.4 is 10.6 Å². The van der Waals surface area contributed by atoms with Crippen LogP contribution in [0, 0.1) is 5.41 Å². The second kappa shape index (κ2) is 6.54. The van der Waals surface area contributed by atoms with Crippen molar-refractivity contribution >= 4 is 11.5 Å². The Balaban J connectivity index is 1.99. The molecular formula is C14H22N4O. The maximum atomic E-state index is 8.99. The molecule has 0 spiro atoms. The van der Waals surface area contributed by atoms with Crippen LogP contribution in [0.25, 0.3) is 0 Å². The van der Waals surface area contributed by atoms with Crippen LogP contribution in [0.15, 0.2) is 24.3 Å². The first-order valence-electron chi connectivity index (χ1n) is 6.73. The fraction of sp³-hybridized carbons (Fsp3) is 0.500. The van der Waals surface area contributed by atoms with E-state index in [4.69, 9.17) is 16.2 Å². The first-order valence-corrected chi connectivity index (χ1v) is 6.73. The normalized spacial score (nSPS) is 17.2. The number of β-amino-alcohol motifs (C(OH)–C–C–N with tert-alkyl or cyclic N) is 1. The van der Waals surface area contributed by atoms with Gasteiger partial charge in [0.1, 0.15) is 5.84 Å². The summed E-state index contributed by atoms with van der Waals surface area (Å²) < 4.78 is 0. The molecule has 4 N–H and O–H groups in total. The van der Waals surface area contributed by atoms with Crippen LogP contribution in [0.5, 0.6) is 0 Å². The van der Waals surface area contributed by atoms with Crippen molar-refractivity contribution in [1.82, 2.24) is 4.90 Å². The first-order chi connectivity index (χ1) is 9.20. The number of hydrogen-bond acceptors (Lipinski definition) is 4. The summed E-state index contributed by atoms with van der Waals surface area (Å²) in [4.78, 5) is 4.64. The van der Waals surface area contributed by atoms with E-state index >= 15 is 0 Å². The minimum absolute atomic E-state index is 0.108. The number of anilines is 1. The molecule has 1 aromatic carbocycles. The minimum Gasteiger partial charge on any atom is -0.395 e. The summed E-state index contributed by atoms with van der Waals surface area (Å²) in [6.07, 6.45) is 1.11. The molecule has 1 heterocycles. The second-order valence-corrected chi connectivity index (χ2v) is 4.87. The number of nitrogens with zero attached hydrogens (tertiary/aromatic N) is 2. The molecule has 5 nitrogen and oxygen atoms in total. The van der Waals surface area contributed by atoms with Gasteiger partial charge in [-0.25, -0.2) is 0 Å². The van der Waals surface area contributed by atoms with Gasteiger partial charge >= 0.3 is 0 Å². The Bertz CT molecular complexity index is 418. The molecule has 0 radical (unpaired) electrons. The summed E-state index contributed by atoms with van der Waals surface area (Å²) in [6, 6.07) is 7.85. The summed E-state index contributed by atoms with van der Waals surface area (Å²) in [7, 11) is 0. The number of benzene rings is 1. The molecule has 0 unspecified atom stereocenters. The van der Waals surface area contributed by atoms with E-state index in [2.05, 4.69) is 9.80 Å². The van der Waals surface area contributed by atoms with Crippen molar-refractivity contribution < 1.29 is 5.11 Å². The molecule has 5 heteroatoms. The van der Waals surface area contributed by atoms with E-state index in [0.717, 1.165) is 44.7 Å². The highest BCUT2D eigenvalue weighted by atomic mass is 16.3. The van der Waals surface area contributed by atoms with Gasteiger partial charge in [-0.3, -0.25) is 10.3 Å². The zero-order chi connectivity index (χ0) is 13.7. The summed E-state index contributed by atoms with van der Waals surface area (Å²) in [6.45, 7) is 5.02. The fourth-order valence-corrected chi connectivity index (χ4v) is 2.45. The molecule has 0 atom stereocenters. The minimum atomic E-state index is 0.108. The quantitative estimate of drug-likeness (QED) is 0.545. The Kier molecular flexibility index (Phi) is 4.76. The molecule has 1 aliphatic rings. The monoisotopic (exact) mass is 262 g/mol. The molecule has 2 rings (SSSR count). The van der Waals surface area contributed by atoms with Gasteiger partial charge in [0.15, 0.2) is 0 Å². The molecule has 1 fully saturated rings. The maximum absolute atomic E-state index is 8.99. The standard InChI is InChI=1S/C14H22N4O/c15-14(16)12-2-4-13(5-3-12)18-7-1-6-17(8-9-18)10-11-19/h2-5,19H,1,6-11H2,(H3,15,16). The van der Waals surface area contributed by atoms with Gasteiger partial charge < -0.3 is 15.7 Å². The number of hydrogen-bond donors (Lipinski definition) is 3. The van der Waals surface area contributed by atoms with Crippen LogP contribution in [0.1, 0.15) is 12.0 Å². The van der Waals surface area contributed by atoms with Gasteiger partial charge in [0, 0.05) is 37.4 Å². The van der Waals surface area contributed by atoms with Gasteiger partial charge in [-0.15, -0.1) is 0 Å². The highest BCUT2D eigenvalue weighted by molar-refractivity contribution is 5.95. The van der Waals surface area contributed by atoms with E-state index in [-0.39, 0.29) is 12.4 Å².